The lowest BCUT2D eigenvalue weighted by atomic mass is 9.76. The number of rotatable bonds is 3. The average molecular weight is 230 g/mol. The summed E-state index contributed by atoms with van der Waals surface area (Å²) in [5.41, 5.74) is 2.56. The molecule has 1 aromatic carbocycles. The SMILES string of the molecule is OB(O)c1ccccc1CC1=CC(=S)C=C1. The molecular weight excluding hydrogens is 219 g/mol. The van der Waals surface area contributed by atoms with Crippen LogP contribution in [0.1, 0.15) is 5.56 Å². The fraction of sp³-hybridized carbons (Fsp3) is 0.0833. The zero-order valence-corrected chi connectivity index (χ0v) is 9.45. The summed E-state index contributed by atoms with van der Waals surface area (Å²) in [4.78, 5) is 0.817. The van der Waals surface area contributed by atoms with Crippen LogP contribution in [0.15, 0.2) is 48.1 Å². The molecule has 0 heterocycles. The minimum atomic E-state index is -1.42. The zero-order valence-electron chi connectivity index (χ0n) is 8.63. The van der Waals surface area contributed by atoms with Crippen LogP contribution in [0, 0.1) is 0 Å². The summed E-state index contributed by atoms with van der Waals surface area (Å²) in [5.74, 6) is 0. The van der Waals surface area contributed by atoms with Crippen molar-refractivity contribution in [3.8, 4) is 0 Å². The predicted octanol–water partition coefficient (Wildman–Crippen LogP) is 0.775. The zero-order chi connectivity index (χ0) is 11.5. The molecule has 80 valence electrons. The average Bonchev–Trinajstić information content (AvgIpc) is 2.64. The van der Waals surface area contributed by atoms with Crippen molar-refractivity contribution in [3.63, 3.8) is 0 Å². The van der Waals surface area contributed by atoms with Gasteiger partial charge in [-0.3, -0.25) is 0 Å². The molecule has 1 aliphatic carbocycles. The van der Waals surface area contributed by atoms with Crippen LogP contribution in [0.25, 0.3) is 0 Å². The number of thiocarbonyl (C=S) groups is 1. The molecule has 0 bridgehead atoms. The van der Waals surface area contributed by atoms with Crippen molar-refractivity contribution in [1.82, 2.24) is 0 Å². The Morgan fingerprint density at radius 2 is 1.88 bits per heavy atom. The van der Waals surface area contributed by atoms with Crippen molar-refractivity contribution in [2.24, 2.45) is 0 Å². The van der Waals surface area contributed by atoms with E-state index in [9.17, 15) is 10.0 Å². The van der Waals surface area contributed by atoms with Crippen LogP contribution in [-0.2, 0) is 6.42 Å². The first-order chi connectivity index (χ1) is 7.66. The molecule has 0 aliphatic heterocycles. The monoisotopic (exact) mass is 230 g/mol. The topological polar surface area (TPSA) is 40.5 Å². The van der Waals surface area contributed by atoms with Gasteiger partial charge in [-0.2, -0.15) is 0 Å². The normalized spacial score (nSPS) is 14.1. The van der Waals surface area contributed by atoms with Gasteiger partial charge in [0.25, 0.3) is 0 Å². The van der Waals surface area contributed by atoms with Gasteiger partial charge in [-0.25, -0.2) is 0 Å². The van der Waals surface area contributed by atoms with Crippen LogP contribution in [0.3, 0.4) is 0 Å². The van der Waals surface area contributed by atoms with E-state index in [4.69, 9.17) is 12.2 Å². The molecule has 0 amide bonds. The van der Waals surface area contributed by atoms with E-state index < -0.39 is 7.12 Å². The van der Waals surface area contributed by atoms with Crippen LogP contribution in [-0.4, -0.2) is 22.0 Å². The van der Waals surface area contributed by atoms with E-state index in [1.807, 2.05) is 30.4 Å². The molecule has 2 N–H and O–H groups in total. The molecule has 2 rings (SSSR count). The highest BCUT2D eigenvalue weighted by atomic mass is 32.1. The molecule has 1 aliphatic rings. The number of hydrogen-bond acceptors (Lipinski definition) is 3. The van der Waals surface area contributed by atoms with E-state index >= 15 is 0 Å². The van der Waals surface area contributed by atoms with Gasteiger partial charge in [0, 0.05) is 4.86 Å². The first-order valence-corrected chi connectivity index (χ1v) is 5.44. The van der Waals surface area contributed by atoms with Gasteiger partial charge in [-0.15, -0.1) is 0 Å². The Labute approximate surface area is 100 Å². The molecule has 0 unspecified atom stereocenters. The summed E-state index contributed by atoms with van der Waals surface area (Å²) in [5, 5.41) is 18.4. The van der Waals surface area contributed by atoms with E-state index in [1.165, 1.54) is 0 Å². The third-order valence-corrected chi connectivity index (χ3v) is 2.77. The minimum Gasteiger partial charge on any atom is -0.423 e. The first kappa shape index (κ1) is 11.3. The molecule has 0 saturated carbocycles. The molecule has 16 heavy (non-hydrogen) atoms. The highest BCUT2D eigenvalue weighted by molar-refractivity contribution is 7.81. The van der Waals surface area contributed by atoms with Crippen molar-refractivity contribution >= 4 is 29.7 Å². The van der Waals surface area contributed by atoms with E-state index in [2.05, 4.69) is 0 Å². The first-order valence-electron chi connectivity index (χ1n) is 5.03. The Morgan fingerprint density at radius 3 is 2.50 bits per heavy atom. The van der Waals surface area contributed by atoms with Crippen LogP contribution in [0.4, 0.5) is 0 Å². The molecule has 1 aromatic rings. The van der Waals surface area contributed by atoms with E-state index in [0.717, 1.165) is 16.0 Å². The predicted molar refractivity (Wildman–Crippen MR) is 69.8 cm³/mol. The van der Waals surface area contributed by atoms with Crippen molar-refractivity contribution in [2.45, 2.75) is 6.42 Å². The summed E-state index contributed by atoms with van der Waals surface area (Å²) >= 11 is 5.03. The Hall–Kier alpha value is -1.23. The molecule has 4 heteroatoms. The lowest BCUT2D eigenvalue weighted by molar-refractivity contribution is 0.425. The number of benzene rings is 1. The molecule has 0 atom stereocenters. The summed E-state index contributed by atoms with van der Waals surface area (Å²) < 4.78 is 0. The maximum atomic E-state index is 9.22. The van der Waals surface area contributed by atoms with Gasteiger partial charge >= 0.3 is 7.12 Å². The Kier molecular flexibility index (Phi) is 3.34. The third-order valence-electron chi connectivity index (χ3n) is 2.52. The maximum Gasteiger partial charge on any atom is 0.488 e. The van der Waals surface area contributed by atoms with Gasteiger partial charge < -0.3 is 10.0 Å². The highest BCUT2D eigenvalue weighted by Crippen LogP contribution is 2.13. The van der Waals surface area contributed by atoms with Crippen molar-refractivity contribution in [3.05, 3.63) is 53.6 Å². The van der Waals surface area contributed by atoms with Gasteiger partial charge in [0.2, 0.25) is 0 Å². The smallest absolute Gasteiger partial charge is 0.423 e. The Balaban J connectivity index is 2.25. The van der Waals surface area contributed by atoms with Gasteiger partial charge in [-0.05, 0) is 35.2 Å². The summed E-state index contributed by atoms with van der Waals surface area (Å²) in [6, 6.07) is 7.29. The molecule has 0 saturated heterocycles. The molecule has 2 nitrogen and oxygen atoms in total. The van der Waals surface area contributed by atoms with Gasteiger partial charge in [-0.1, -0.05) is 42.6 Å². The fourth-order valence-electron chi connectivity index (χ4n) is 1.75. The van der Waals surface area contributed by atoms with Crippen LogP contribution >= 0.6 is 12.2 Å². The van der Waals surface area contributed by atoms with E-state index in [0.29, 0.717) is 11.9 Å². The van der Waals surface area contributed by atoms with Gasteiger partial charge in [0.15, 0.2) is 0 Å². The van der Waals surface area contributed by atoms with Crippen molar-refractivity contribution in [1.29, 1.82) is 0 Å². The third kappa shape index (κ3) is 2.47. The molecular formula is C12H11BO2S. The summed E-state index contributed by atoms with van der Waals surface area (Å²) in [6.45, 7) is 0. The van der Waals surface area contributed by atoms with Crippen LogP contribution in [0.5, 0.6) is 0 Å². The maximum absolute atomic E-state index is 9.22. The van der Waals surface area contributed by atoms with Crippen molar-refractivity contribution in [2.75, 3.05) is 0 Å². The van der Waals surface area contributed by atoms with E-state index in [1.54, 1.807) is 12.1 Å². The van der Waals surface area contributed by atoms with Gasteiger partial charge in [0.05, 0.1) is 0 Å². The second kappa shape index (κ2) is 4.74. The second-order valence-electron chi connectivity index (χ2n) is 3.70. The number of allylic oxidation sites excluding steroid dienone is 4. The van der Waals surface area contributed by atoms with Gasteiger partial charge in [0.1, 0.15) is 0 Å². The summed E-state index contributed by atoms with van der Waals surface area (Å²) in [6.07, 6.45) is 6.44. The number of hydrogen-bond donors (Lipinski definition) is 2. The molecule has 0 spiro atoms. The van der Waals surface area contributed by atoms with Crippen LogP contribution in [0.2, 0.25) is 0 Å². The fourth-order valence-corrected chi connectivity index (χ4v) is 1.96. The lowest BCUT2D eigenvalue weighted by Gasteiger charge is -2.08. The standard InChI is InChI=1S/C12H11BO2S/c14-13(15)12-4-2-1-3-10(12)7-9-5-6-11(16)8-9/h1-6,8,14-15H,7H2. The molecule has 0 aromatic heterocycles. The van der Waals surface area contributed by atoms with Crippen molar-refractivity contribution < 1.29 is 10.0 Å². The highest BCUT2D eigenvalue weighted by Gasteiger charge is 2.15. The summed E-state index contributed by atoms with van der Waals surface area (Å²) in [7, 11) is -1.42. The lowest BCUT2D eigenvalue weighted by Crippen LogP contribution is -2.32. The largest absolute Gasteiger partial charge is 0.488 e. The quantitative estimate of drug-likeness (QED) is 0.595. The van der Waals surface area contributed by atoms with Crippen LogP contribution < -0.4 is 5.46 Å². The van der Waals surface area contributed by atoms with E-state index in [-0.39, 0.29) is 0 Å². The minimum absolute atomic E-state index is 0.551. The second-order valence-corrected chi connectivity index (χ2v) is 4.18. The Bertz CT molecular complexity index is 478. The molecule has 0 radical (unpaired) electrons. The molecule has 0 fully saturated rings. The Morgan fingerprint density at radius 1 is 1.12 bits per heavy atom.